The molecule has 1 N–H and O–H groups in total. The Morgan fingerprint density at radius 1 is 1.24 bits per heavy atom. The van der Waals surface area contributed by atoms with E-state index in [-0.39, 0.29) is 0 Å². The zero-order valence-electron chi connectivity index (χ0n) is 9.68. The summed E-state index contributed by atoms with van der Waals surface area (Å²) in [4.78, 5) is 0. The van der Waals surface area contributed by atoms with Crippen LogP contribution in [0.1, 0.15) is 5.56 Å². The molecule has 0 fully saturated rings. The molecule has 0 spiro atoms. The molecule has 0 bridgehead atoms. The first-order valence-electron chi connectivity index (χ1n) is 5.63. The molecule has 86 valence electrons. The van der Waals surface area contributed by atoms with Crippen molar-refractivity contribution in [1.82, 2.24) is 4.57 Å². The van der Waals surface area contributed by atoms with Crippen LogP contribution in [0.5, 0.6) is 0 Å². The second kappa shape index (κ2) is 4.01. The smallest absolute Gasteiger partial charge is 0.0952 e. The monoisotopic (exact) mass is 226 g/mol. The van der Waals surface area contributed by atoms with Crippen LogP contribution in [0.25, 0.3) is 10.9 Å². The fourth-order valence-electron chi connectivity index (χ4n) is 1.99. The van der Waals surface area contributed by atoms with Gasteiger partial charge in [-0.25, -0.2) is 0 Å². The van der Waals surface area contributed by atoms with Gasteiger partial charge in [-0.15, -0.1) is 0 Å². The molecule has 0 aliphatic carbocycles. The minimum Gasteiger partial charge on any atom is -0.472 e. The number of aryl methyl sites for hydroxylation is 1. The summed E-state index contributed by atoms with van der Waals surface area (Å²) in [6.45, 7) is 0.787. The van der Waals surface area contributed by atoms with Gasteiger partial charge < -0.3 is 14.3 Å². The van der Waals surface area contributed by atoms with Crippen molar-refractivity contribution < 1.29 is 4.42 Å². The first kappa shape index (κ1) is 10.0. The van der Waals surface area contributed by atoms with E-state index in [1.54, 1.807) is 12.5 Å². The molecule has 0 radical (unpaired) electrons. The average molecular weight is 226 g/mol. The Labute approximate surface area is 99.7 Å². The summed E-state index contributed by atoms with van der Waals surface area (Å²) in [6.07, 6.45) is 5.52. The van der Waals surface area contributed by atoms with Gasteiger partial charge in [0.1, 0.15) is 0 Å². The zero-order chi connectivity index (χ0) is 11.7. The number of fused-ring (bicyclic) bond motifs is 1. The van der Waals surface area contributed by atoms with E-state index in [9.17, 15) is 0 Å². The molecular formula is C14H14N2O. The van der Waals surface area contributed by atoms with Crippen LogP contribution < -0.4 is 5.32 Å². The van der Waals surface area contributed by atoms with Crippen molar-refractivity contribution in [3.8, 4) is 0 Å². The number of rotatable bonds is 3. The third kappa shape index (κ3) is 1.91. The molecular weight excluding hydrogens is 212 g/mol. The van der Waals surface area contributed by atoms with Crippen LogP contribution in [-0.4, -0.2) is 4.57 Å². The van der Waals surface area contributed by atoms with E-state index in [4.69, 9.17) is 4.42 Å². The number of nitrogens with one attached hydrogen (secondary N) is 1. The lowest BCUT2D eigenvalue weighted by atomic mass is 10.2. The van der Waals surface area contributed by atoms with Crippen molar-refractivity contribution in [2.45, 2.75) is 6.54 Å². The van der Waals surface area contributed by atoms with Crippen LogP contribution in [0.4, 0.5) is 5.69 Å². The van der Waals surface area contributed by atoms with Crippen molar-refractivity contribution in [3.05, 3.63) is 54.6 Å². The highest BCUT2D eigenvalue weighted by Crippen LogP contribution is 2.20. The van der Waals surface area contributed by atoms with Crippen molar-refractivity contribution in [3.63, 3.8) is 0 Å². The lowest BCUT2D eigenvalue weighted by Crippen LogP contribution is -1.97. The summed E-state index contributed by atoms with van der Waals surface area (Å²) >= 11 is 0. The van der Waals surface area contributed by atoms with Gasteiger partial charge >= 0.3 is 0 Å². The van der Waals surface area contributed by atoms with E-state index in [0.29, 0.717) is 0 Å². The molecule has 0 unspecified atom stereocenters. The molecule has 0 saturated heterocycles. The normalized spacial score (nSPS) is 10.9. The van der Waals surface area contributed by atoms with Crippen molar-refractivity contribution in [2.24, 2.45) is 7.05 Å². The fourth-order valence-corrected chi connectivity index (χ4v) is 1.99. The number of hydrogen-bond acceptors (Lipinski definition) is 2. The summed E-state index contributed by atoms with van der Waals surface area (Å²) in [7, 11) is 2.06. The second-order valence-corrected chi connectivity index (χ2v) is 4.19. The molecule has 0 aliphatic rings. The molecule has 0 amide bonds. The Morgan fingerprint density at radius 2 is 2.18 bits per heavy atom. The summed E-state index contributed by atoms with van der Waals surface area (Å²) in [5.41, 5.74) is 3.53. The number of nitrogens with zero attached hydrogens (tertiary/aromatic N) is 1. The van der Waals surface area contributed by atoms with Crippen molar-refractivity contribution >= 4 is 16.6 Å². The van der Waals surface area contributed by atoms with Gasteiger partial charge in [-0.1, -0.05) is 0 Å². The van der Waals surface area contributed by atoms with E-state index in [1.807, 2.05) is 6.07 Å². The molecule has 1 aromatic carbocycles. The summed E-state index contributed by atoms with van der Waals surface area (Å²) < 4.78 is 7.15. The number of aromatic nitrogens is 1. The van der Waals surface area contributed by atoms with E-state index >= 15 is 0 Å². The lowest BCUT2D eigenvalue weighted by molar-refractivity contribution is 0.564. The maximum atomic E-state index is 5.03. The molecule has 0 saturated carbocycles. The third-order valence-electron chi connectivity index (χ3n) is 2.96. The predicted molar refractivity (Wildman–Crippen MR) is 69.0 cm³/mol. The number of anilines is 1. The molecule has 0 atom stereocenters. The van der Waals surface area contributed by atoms with E-state index in [0.717, 1.165) is 17.8 Å². The van der Waals surface area contributed by atoms with E-state index in [2.05, 4.69) is 47.4 Å². The number of furan rings is 1. The van der Waals surface area contributed by atoms with Gasteiger partial charge in [0.25, 0.3) is 0 Å². The van der Waals surface area contributed by atoms with Crippen LogP contribution in [-0.2, 0) is 13.6 Å². The van der Waals surface area contributed by atoms with Crippen LogP contribution in [0.3, 0.4) is 0 Å². The fraction of sp³-hybridized carbons (Fsp3) is 0.143. The molecule has 2 heterocycles. The second-order valence-electron chi connectivity index (χ2n) is 4.19. The highest BCUT2D eigenvalue weighted by molar-refractivity contribution is 5.83. The Kier molecular flexibility index (Phi) is 2.37. The van der Waals surface area contributed by atoms with Crippen LogP contribution in [0.2, 0.25) is 0 Å². The average Bonchev–Trinajstić information content (AvgIpc) is 2.97. The third-order valence-corrected chi connectivity index (χ3v) is 2.96. The summed E-state index contributed by atoms with van der Waals surface area (Å²) in [6, 6.07) is 10.5. The van der Waals surface area contributed by atoms with Gasteiger partial charge in [-0.05, 0) is 30.3 Å². The zero-order valence-corrected chi connectivity index (χ0v) is 9.68. The standard InChI is InChI=1S/C14H14N2O/c1-16-6-4-12-8-13(2-3-14(12)16)15-9-11-5-7-17-10-11/h2-8,10,15H,9H2,1H3. The van der Waals surface area contributed by atoms with Gasteiger partial charge in [0.15, 0.2) is 0 Å². The summed E-state index contributed by atoms with van der Waals surface area (Å²) in [5, 5.41) is 4.63. The van der Waals surface area contributed by atoms with Gasteiger partial charge in [0.05, 0.1) is 12.5 Å². The minimum absolute atomic E-state index is 0.787. The molecule has 3 rings (SSSR count). The van der Waals surface area contributed by atoms with Crippen molar-refractivity contribution in [2.75, 3.05) is 5.32 Å². The van der Waals surface area contributed by atoms with Gasteiger partial charge in [-0.3, -0.25) is 0 Å². The molecule has 3 heteroatoms. The van der Waals surface area contributed by atoms with E-state index < -0.39 is 0 Å². The van der Waals surface area contributed by atoms with Gasteiger partial charge in [0.2, 0.25) is 0 Å². The quantitative estimate of drug-likeness (QED) is 0.742. The highest BCUT2D eigenvalue weighted by atomic mass is 16.3. The molecule has 2 aromatic heterocycles. The molecule has 17 heavy (non-hydrogen) atoms. The van der Waals surface area contributed by atoms with Crippen LogP contribution >= 0.6 is 0 Å². The van der Waals surface area contributed by atoms with E-state index in [1.165, 1.54) is 10.9 Å². The van der Waals surface area contributed by atoms with Crippen LogP contribution in [0, 0.1) is 0 Å². The Balaban J connectivity index is 1.81. The highest BCUT2D eigenvalue weighted by Gasteiger charge is 2.00. The molecule has 3 nitrogen and oxygen atoms in total. The Morgan fingerprint density at radius 3 is 3.00 bits per heavy atom. The van der Waals surface area contributed by atoms with Gasteiger partial charge in [-0.2, -0.15) is 0 Å². The van der Waals surface area contributed by atoms with Crippen LogP contribution in [0.15, 0.2) is 53.5 Å². The first-order chi connectivity index (χ1) is 8.33. The largest absolute Gasteiger partial charge is 0.472 e. The molecule has 0 aliphatic heterocycles. The number of hydrogen-bond donors (Lipinski definition) is 1. The van der Waals surface area contributed by atoms with Gasteiger partial charge in [0, 0.05) is 41.9 Å². The minimum atomic E-state index is 0.787. The Hall–Kier alpha value is -2.16. The lowest BCUT2D eigenvalue weighted by Gasteiger charge is -2.05. The summed E-state index contributed by atoms with van der Waals surface area (Å²) in [5.74, 6) is 0. The molecule has 3 aromatic rings. The first-order valence-corrected chi connectivity index (χ1v) is 5.63. The maximum Gasteiger partial charge on any atom is 0.0952 e. The van der Waals surface area contributed by atoms with Crippen molar-refractivity contribution in [1.29, 1.82) is 0 Å². The predicted octanol–water partition coefficient (Wildman–Crippen LogP) is 3.38. The maximum absolute atomic E-state index is 5.03. The SMILES string of the molecule is Cn1ccc2cc(NCc3ccoc3)ccc21. The Bertz CT molecular complexity index is 623. The topological polar surface area (TPSA) is 30.1 Å². The number of benzene rings is 1.